The fourth-order valence-corrected chi connectivity index (χ4v) is 9.99. The van der Waals surface area contributed by atoms with Crippen LogP contribution in [0.4, 0.5) is 0 Å². The predicted octanol–water partition coefficient (Wildman–Crippen LogP) is 1.41. The summed E-state index contributed by atoms with van der Waals surface area (Å²) in [7, 11) is 9.71. The Kier molecular flexibility index (Phi) is 28.4. The Morgan fingerprint density at radius 3 is 1.54 bits per heavy atom. The van der Waals surface area contributed by atoms with Gasteiger partial charge >= 0.3 is 0 Å². The molecule has 11 amide bonds. The number of likely N-dealkylation sites (N-methyl/N-ethyl adjacent to an activating group) is 7. The minimum atomic E-state index is -1.62. The maximum Gasteiger partial charge on any atom is 0.246 e. The molecule has 1 saturated heterocycles. The molecule has 82 heavy (non-hydrogen) atoms. The van der Waals surface area contributed by atoms with E-state index in [1.807, 2.05) is 27.7 Å². The summed E-state index contributed by atoms with van der Waals surface area (Å²) >= 11 is 0. The molecule has 0 radical (unpaired) electrons. The molecular formula is C59H97N11O12. The molecule has 23 nitrogen and oxygen atoms in total. The Morgan fingerprint density at radius 1 is 0.537 bits per heavy atom. The zero-order valence-corrected chi connectivity index (χ0v) is 52.1. The largest absolute Gasteiger partial charge is 0.390 e. The molecule has 0 spiro atoms. The van der Waals surface area contributed by atoms with Crippen LogP contribution in [-0.2, 0) is 59.2 Å². The van der Waals surface area contributed by atoms with Crippen molar-refractivity contribution in [3.63, 3.8) is 0 Å². The number of allylic oxidation sites excluding steroid dienone is 2. The molecule has 1 heterocycles. The smallest absolute Gasteiger partial charge is 0.246 e. The molecule has 11 atom stereocenters. The van der Waals surface area contributed by atoms with Crippen LogP contribution in [-0.4, -0.2) is 227 Å². The lowest BCUT2D eigenvalue weighted by atomic mass is 9.91. The second-order valence-corrected chi connectivity index (χ2v) is 23.3. The Labute approximate surface area is 486 Å². The first kappa shape index (κ1) is 71.2. The van der Waals surface area contributed by atoms with Crippen LogP contribution in [0.15, 0.2) is 42.5 Å². The van der Waals surface area contributed by atoms with E-state index in [1.54, 1.807) is 77.1 Å². The predicted molar refractivity (Wildman–Crippen MR) is 312 cm³/mol. The molecular weight excluding hydrogens is 1050 g/mol. The van der Waals surface area contributed by atoms with E-state index in [1.165, 1.54) is 84.8 Å². The molecule has 0 bridgehead atoms. The van der Waals surface area contributed by atoms with E-state index in [0.29, 0.717) is 12.0 Å². The van der Waals surface area contributed by atoms with Gasteiger partial charge in [-0.1, -0.05) is 97.9 Å². The van der Waals surface area contributed by atoms with Crippen LogP contribution in [0.3, 0.4) is 0 Å². The highest BCUT2D eigenvalue weighted by atomic mass is 16.3. The fourth-order valence-electron chi connectivity index (χ4n) is 9.99. The summed E-state index contributed by atoms with van der Waals surface area (Å²) in [5.41, 5.74) is 0.669. The molecule has 0 aromatic heterocycles. The molecule has 1 aromatic rings. The van der Waals surface area contributed by atoms with Gasteiger partial charge in [-0.2, -0.15) is 0 Å². The van der Waals surface area contributed by atoms with Crippen molar-refractivity contribution in [2.75, 3.05) is 62.4 Å². The standard InChI is InChI=1S/C59H97N11O12/c1-20-22-26-37(9)50(73)49-53(76)63-42(21-2)56(79)65(14)33-47(72)66(15)43(31-41-27-24-23-25-28-41)52(75)62-39(11)54(77)64(13)32-46(71)60-38(10)51(74)61-40(12)55(78)67(16)44(29-34(3)4)57(80)68(17)45(30-35(5)6)58(81)69(18)48(36(7)8)59(82)70(49)19/h20,22-25,27-28,34-40,42-45,48-50,73H,21,26,29-33H2,1-19H3,(H,60,71)(H,61,74)(H,62,75)(H,63,76)/b22-20+/t37-,38+,39+,40-,42+,43+,44+,45+,48+,49+,50-/m1/s1. The highest BCUT2D eigenvalue weighted by Crippen LogP contribution is 2.25. The second kappa shape index (κ2) is 32.7. The van der Waals surface area contributed by atoms with Gasteiger partial charge in [0, 0.05) is 55.8 Å². The molecule has 1 aliphatic heterocycles. The Morgan fingerprint density at radius 2 is 1.02 bits per heavy atom. The first-order valence-electron chi connectivity index (χ1n) is 28.5. The van der Waals surface area contributed by atoms with Gasteiger partial charge in [0.25, 0.3) is 0 Å². The average Bonchev–Trinajstić information content (AvgIpc) is 3.61. The second-order valence-electron chi connectivity index (χ2n) is 23.3. The van der Waals surface area contributed by atoms with Crippen LogP contribution in [0.5, 0.6) is 0 Å². The number of carbonyl (C=O) groups excluding carboxylic acids is 11. The fraction of sp³-hybridized carbons (Fsp3) is 0.678. The highest BCUT2D eigenvalue weighted by molar-refractivity contribution is 5.99. The first-order valence-corrected chi connectivity index (χ1v) is 28.5. The molecule has 1 aliphatic rings. The van der Waals surface area contributed by atoms with Gasteiger partial charge in [-0.25, -0.2) is 0 Å². The molecule has 0 saturated carbocycles. The molecule has 2 rings (SSSR count). The van der Waals surface area contributed by atoms with Gasteiger partial charge in [0.05, 0.1) is 19.2 Å². The van der Waals surface area contributed by atoms with Crippen LogP contribution in [0.1, 0.15) is 114 Å². The van der Waals surface area contributed by atoms with Gasteiger partial charge in [-0.05, 0) is 82.6 Å². The molecule has 1 fully saturated rings. The van der Waals surface area contributed by atoms with Crippen molar-refractivity contribution >= 4 is 65.0 Å². The lowest BCUT2D eigenvalue weighted by Gasteiger charge is -2.41. The summed E-state index contributed by atoms with van der Waals surface area (Å²) in [5.74, 6) is -9.24. The van der Waals surface area contributed by atoms with Crippen molar-refractivity contribution in [2.24, 2.45) is 23.7 Å². The number of aliphatic hydroxyl groups excluding tert-OH is 1. The number of aliphatic hydroxyl groups is 1. The average molecular weight is 1150 g/mol. The van der Waals surface area contributed by atoms with E-state index in [9.17, 15) is 48.3 Å². The number of rotatable bonds is 12. The third kappa shape index (κ3) is 19.6. The van der Waals surface area contributed by atoms with Crippen molar-refractivity contribution < 1.29 is 57.8 Å². The van der Waals surface area contributed by atoms with E-state index in [4.69, 9.17) is 0 Å². The maximum absolute atomic E-state index is 15.1. The van der Waals surface area contributed by atoms with Crippen LogP contribution >= 0.6 is 0 Å². The summed E-state index contributed by atoms with van der Waals surface area (Å²) in [6.07, 6.45) is 2.69. The quantitative estimate of drug-likeness (QED) is 0.186. The minimum absolute atomic E-state index is 0.00388. The molecule has 460 valence electrons. The van der Waals surface area contributed by atoms with E-state index in [2.05, 4.69) is 21.3 Å². The summed E-state index contributed by atoms with van der Waals surface area (Å²) in [6, 6.07) is -2.51. The number of nitrogens with one attached hydrogen (secondary N) is 4. The minimum Gasteiger partial charge on any atom is -0.390 e. The van der Waals surface area contributed by atoms with Crippen molar-refractivity contribution in [3.05, 3.63) is 48.0 Å². The van der Waals surface area contributed by atoms with Crippen LogP contribution in [0.2, 0.25) is 0 Å². The monoisotopic (exact) mass is 1150 g/mol. The van der Waals surface area contributed by atoms with Crippen LogP contribution < -0.4 is 21.3 Å². The summed E-state index contributed by atoms with van der Waals surface area (Å²) in [4.78, 5) is 165. The Hall–Kier alpha value is -6.91. The van der Waals surface area contributed by atoms with Crippen molar-refractivity contribution in [1.29, 1.82) is 0 Å². The van der Waals surface area contributed by atoms with Gasteiger partial charge in [0.1, 0.15) is 54.4 Å². The Balaban J connectivity index is 2.87. The molecule has 1 aromatic carbocycles. The normalized spacial score (nSPS) is 26.3. The highest BCUT2D eigenvalue weighted by Gasteiger charge is 2.45. The number of carbonyl (C=O) groups is 11. The summed E-state index contributed by atoms with van der Waals surface area (Å²) in [5, 5.41) is 22.6. The number of hydrogen-bond acceptors (Lipinski definition) is 12. The zero-order valence-electron chi connectivity index (χ0n) is 52.1. The number of nitrogens with zero attached hydrogens (tertiary/aromatic N) is 7. The van der Waals surface area contributed by atoms with Gasteiger partial charge in [0.2, 0.25) is 65.0 Å². The van der Waals surface area contributed by atoms with Crippen LogP contribution in [0, 0.1) is 23.7 Å². The molecule has 23 heteroatoms. The maximum atomic E-state index is 15.1. The zero-order chi connectivity index (χ0) is 62.8. The topological polar surface area (TPSA) is 279 Å². The Bertz CT molecular complexity index is 2420. The van der Waals surface area contributed by atoms with E-state index in [0.717, 1.165) is 19.6 Å². The SMILES string of the molecule is C/C=C/C[C@@H](C)[C@@H](O)[C@H]1C(=O)N[C@@H](CC)C(=O)N(C)CC(=O)N(C)[C@@H](Cc2ccccc2)C(=O)N[C@@H](C)C(=O)N(C)CC(=O)N[C@@H](C)C(=O)N[C@H](C)C(=O)N(C)[C@@H](CC(C)C)C(=O)N(C)[C@@H](CC(C)C)C(=O)N(C)[C@@H](C(C)C)C(=O)N1C. The van der Waals surface area contributed by atoms with Gasteiger partial charge in [0.15, 0.2) is 0 Å². The third-order valence-corrected chi connectivity index (χ3v) is 15.1. The molecule has 0 aliphatic carbocycles. The van der Waals surface area contributed by atoms with E-state index < -0.39 is 150 Å². The van der Waals surface area contributed by atoms with Gasteiger partial charge < -0.3 is 60.7 Å². The van der Waals surface area contributed by atoms with Crippen molar-refractivity contribution in [3.8, 4) is 0 Å². The number of amides is 11. The van der Waals surface area contributed by atoms with E-state index in [-0.39, 0.29) is 37.5 Å². The van der Waals surface area contributed by atoms with Gasteiger partial charge in [-0.3, -0.25) is 52.7 Å². The first-order chi connectivity index (χ1) is 38.1. The van der Waals surface area contributed by atoms with Crippen molar-refractivity contribution in [1.82, 2.24) is 55.6 Å². The van der Waals surface area contributed by atoms with E-state index >= 15 is 9.59 Å². The molecule has 0 unspecified atom stereocenters. The van der Waals surface area contributed by atoms with Gasteiger partial charge in [-0.15, -0.1) is 0 Å². The lowest BCUT2D eigenvalue weighted by molar-refractivity contribution is -0.157. The third-order valence-electron chi connectivity index (χ3n) is 15.1. The number of benzene rings is 1. The summed E-state index contributed by atoms with van der Waals surface area (Å²) in [6.45, 7) is 19.1. The molecule has 5 N–H and O–H groups in total. The van der Waals surface area contributed by atoms with Crippen LogP contribution in [0.25, 0.3) is 0 Å². The summed E-state index contributed by atoms with van der Waals surface area (Å²) < 4.78 is 0. The number of hydrogen-bond donors (Lipinski definition) is 5. The lowest BCUT2D eigenvalue weighted by Crippen LogP contribution is -2.63. The van der Waals surface area contributed by atoms with Crippen molar-refractivity contribution in [2.45, 2.75) is 176 Å².